The van der Waals surface area contributed by atoms with Crippen molar-refractivity contribution in [2.75, 3.05) is 31.6 Å². The normalized spacial score (nSPS) is 15.2. The van der Waals surface area contributed by atoms with Gasteiger partial charge in [-0.1, -0.05) is 12.1 Å². The predicted molar refractivity (Wildman–Crippen MR) is 68.9 cm³/mol. The molecular weight excluding hydrogens is 232 g/mol. The zero-order valence-corrected chi connectivity index (χ0v) is 9.98. The minimum atomic E-state index is -0.188. The van der Waals surface area contributed by atoms with Crippen molar-refractivity contribution in [3.05, 3.63) is 29.8 Å². The molecule has 6 nitrogen and oxygen atoms in total. The summed E-state index contributed by atoms with van der Waals surface area (Å²) in [6.45, 7) is 2.27. The Kier molecular flexibility index (Phi) is 3.78. The number of hydrogen-bond donors (Lipinski definition) is 3. The van der Waals surface area contributed by atoms with Crippen LogP contribution in [-0.2, 0) is 4.74 Å². The summed E-state index contributed by atoms with van der Waals surface area (Å²) >= 11 is 0. The number of carbonyl (C=O) groups is 1. The summed E-state index contributed by atoms with van der Waals surface area (Å²) in [6, 6.07) is 6.82. The van der Waals surface area contributed by atoms with Crippen LogP contribution >= 0.6 is 0 Å². The highest BCUT2D eigenvalue weighted by Crippen LogP contribution is 2.15. The van der Waals surface area contributed by atoms with Gasteiger partial charge in [0.05, 0.1) is 18.9 Å². The summed E-state index contributed by atoms with van der Waals surface area (Å²) < 4.78 is 5.19. The maximum atomic E-state index is 12.0. The number of anilines is 1. The molecule has 2 amide bonds. The van der Waals surface area contributed by atoms with Crippen LogP contribution in [0.15, 0.2) is 24.3 Å². The van der Waals surface area contributed by atoms with Gasteiger partial charge in [0.2, 0.25) is 0 Å². The van der Waals surface area contributed by atoms with Gasteiger partial charge in [-0.2, -0.15) is 0 Å². The maximum absolute atomic E-state index is 12.0. The highest BCUT2D eigenvalue weighted by atomic mass is 16.5. The van der Waals surface area contributed by atoms with Gasteiger partial charge < -0.3 is 20.7 Å². The zero-order valence-electron chi connectivity index (χ0n) is 9.98. The Morgan fingerprint density at radius 1 is 1.33 bits per heavy atom. The second-order valence-corrected chi connectivity index (χ2v) is 3.99. The zero-order chi connectivity index (χ0) is 13.0. The number of carbonyl (C=O) groups excluding carboxylic acids is 1. The molecule has 0 spiro atoms. The lowest BCUT2D eigenvalue weighted by molar-refractivity contribution is 0.0564. The van der Waals surface area contributed by atoms with Crippen molar-refractivity contribution in [3.8, 4) is 0 Å². The summed E-state index contributed by atoms with van der Waals surface area (Å²) in [5, 5.41) is 10.2. The molecule has 0 bridgehead atoms. The number of morpholine rings is 1. The Hall–Kier alpha value is -2.08. The quantitative estimate of drug-likeness (QED) is 0.535. The van der Waals surface area contributed by atoms with E-state index in [4.69, 9.17) is 15.9 Å². The van der Waals surface area contributed by atoms with Gasteiger partial charge in [-0.25, -0.2) is 4.79 Å². The summed E-state index contributed by atoms with van der Waals surface area (Å²) in [4.78, 5) is 13.7. The number of nitrogens with zero attached hydrogens (tertiary/aromatic N) is 1. The van der Waals surface area contributed by atoms with Crippen LogP contribution in [0.5, 0.6) is 0 Å². The monoisotopic (exact) mass is 248 g/mol. The van der Waals surface area contributed by atoms with Crippen molar-refractivity contribution in [1.29, 1.82) is 5.41 Å². The number of hydrogen-bond acceptors (Lipinski definition) is 3. The van der Waals surface area contributed by atoms with Gasteiger partial charge in [0.15, 0.2) is 0 Å². The van der Waals surface area contributed by atoms with E-state index in [0.29, 0.717) is 37.6 Å². The summed E-state index contributed by atoms with van der Waals surface area (Å²) in [5.41, 5.74) is 6.55. The Balaban J connectivity index is 2.08. The van der Waals surface area contributed by atoms with Crippen molar-refractivity contribution < 1.29 is 9.53 Å². The number of nitrogens with two attached hydrogens (primary N) is 1. The van der Waals surface area contributed by atoms with Gasteiger partial charge in [-0.05, 0) is 12.1 Å². The van der Waals surface area contributed by atoms with Crippen molar-refractivity contribution in [1.82, 2.24) is 4.90 Å². The number of benzene rings is 1. The van der Waals surface area contributed by atoms with Crippen LogP contribution in [0.1, 0.15) is 5.56 Å². The molecule has 0 atom stereocenters. The summed E-state index contributed by atoms with van der Waals surface area (Å²) in [5.74, 6) is -0.0622. The molecule has 1 aliphatic heterocycles. The molecule has 1 saturated heterocycles. The third-order valence-electron chi connectivity index (χ3n) is 2.76. The number of amides is 2. The molecule has 0 aromatic heterocycles. The van der Waals surface area contributed by atoms with Crippen LogP contribution < -0.4 is 11.1 Å². The lowest BCUT2D eigenvalue weighted by atomic mass is 10.1. The third-order valence-corrected chi connectivity index (χ3v) is 2.76. The average molecular weight is 248 g/mol. The lowest BCUT2D eigenvalue weighted by Gasteiger charge is -2.27. The number of urea groups is 1. The van der Waals surface area contributed by atoms with Crippen LogP contribution in [0.3, 0.4) is 0 Å². The van der Waals surface area contributed by atoms with E-state index in [1.165, 1.54) is 0 Å². The molecule has 1 aromatic rings. The molecule has 1 aromatic carbocycles. The smallest absolute Gasteiger partial charge is 0.322 e. The summed E-state index contributed by atoms with van der Waals surface area (Å²) in [7, 11) is 0. The molecule has 96 valence electrons. The largest absolute Gasteiger partial charge is 0.384 e. The van der Waals surface area contributed by atoms with Gasteiger partial charge >= 0.3 is 6.03 Å². The number of nitrogen functional groups attached to an aromatic ring is 1. The highest BCUT2D eigenvalue weighted by molar-refractivity contribution is 6.03. The molecule has 18 heavy (non-hydrogen) atoms. The van der Waals surface area contributed by atoms with Gasteiger partial charge in [0, 0.05) is 18.7 Å². The van der Waals surface area contributed by atoms with E-state index in [9.17, 15) is 4.79 Å². The van der Waals surface area contributed by atoms with Crippen molar-refractivity contribution in [2.24, 2.45) is 5.73 Å². The predicted octanol–water partition coefficient (Wildman–Crippen LogP) is 0.835. The van der Waals surface area contributed by atoms with Crippen molar-refractivity contribution in [2.45, 2.75) is 0 Å². The molecule has 6 heteroatoms. The fraction of sp³-hybridized carbons (Fsp3) is 0.333. The molecule has 1 heterocycles. The minimum absolute atomic E-state index is 0.0622. The van der Waals surface area contributed by atoms with Crippen molar-refractivity contribution >= 4 is 17.6 Å². The standard InChI is InChI=1S/C12H16N4O2/c13-11(14)9-3-1-2-4-10(9)15-12(17)16-5-7-18-8-6-16/h1-4H,5-8H2,(H3,13,14)(H,15,17). The first kappa shape index (κ1) is 12.4. The van der Waals surface area contributed by atoms with E-state index in [-0.39, 0.29) is 11.9 Å². The molecule has 0 aliphatic carbocycles. The third kappa shape index (κ3) is 2.78. The maximum Gasteiger partial charge on any atom is 0.322 e. The van der Waals surface area contributed by atoms with E-state index >= 15 is 0 Å². The molecule has 4 N–H and O–H groups in total. The molecule has 2 rings (SSSR count). The lowest BCUT2D eigenvalue weighted by Crippen LogP contribution is -2.43. The fourth-order valence-electron chi connectivity index (χ4n) is 1.79. The second-order valence-electron chi connectivity index (χ2n) is 3.99. The van der Waals surface area contributed by atoms with Crippen LogP contribution in [0, 0.1) is 5.41 Å². The van der Waals surface area contributed by atoms with Crippen LogP contribution in [0.25, 0.3) is 0 Å². The number of nitrogens with one attached hydrogen (secondary N) is 2. The first-order valence-corrected chi connectivity index (χ1v) is 5.75. The van der Waals surface area contributed by atoms with Crippen LogP contribution in [-0.4, -0.2) is 43.1 Å². The molecular formula is C12H16N4O2. The van der Waals surface area contributed by atoms with E-state index in [1.54, 1.807) is 29.2 Å². The Morgan fingerprint density at radius 3 is 2.67 bits per heavy atom. The van der Waals surface area contributed by atoms with E-state index < -0.39 is 0 Å². The molecule has 0 radical (unpaired) electrons. The highest BCUT2D eigenvalue weighted by Gasteiger charge is 2.17. The number of para-hydroxylation sites is 1. The van der Waals surface area contributed by atoms with Gasteiger partial charge in [0.1, 0.15) is 5.84 Å². The van der Waals surface area contributed by atoms with E-state index in [0.717, 1.165) is 0 Å². The second kappa shape index (κ2) is 5.50. The van der Waals surface area contributed by atoms with Crippen LogP contribution in [0.4, 0.5) is 10.5 Å². The Morgan fingerprint density at radius 2 is 2.00 bits per heavy atom. The average Bonchev–Trinajstić information content (AvgIpc) is 2.40. The molecule has 1 aliphatic rings. The summed E-state index contributed by atoms with van der Waals surface area (Å²) in [6.07, 6.45) is 0. The molecule has 0 unspecified atom stereocenters. The fourth-order valence-corrected chi connectivity index (χ4v) is 1.79. The Bertz CT molecular complexity index is 455. The SMILES string of the molecule is N=C(N)c1ccccc1NC(=O)N1CCOCC1. The number of rotatable bonds is 2. The van der Waals surface area contributed by atoms with E-state index in [2.05, 4.69) is 5.32 Å². The molecule has 1 fully saturated rings. The first-order valence-electron chi connectivity index (χ1n) is 5.75. The Labute approximate surface area is 105 Å². The van der Waals surface area contributed by atoms with Crippen LogP contribution in [0.2, 0.25) is 0 Å². The van der Waals surface area contributed by atoms with Crippen molar-refractivity contribution in [3.63, 3.8) is 0 Å². The minimum Gasteiger partial charge on any atom is -0.384 e. The number of ether oxygens (including phenoxy) is 1. The van der Waals surface area contributed by atoms with Gasteiger partial charge in [-0.15, -0.1) is 0 Å². The first-order chi connectivity index (χ1) is 8.68. The van der Waals surface area contributed by atoms with E-state index in [1.807, 2.05) is 0 Å². The van der Waals surface area contributed by atoms with Gasteiger partial charge in [-0.3, -0.25) is 5.41 Å². The molecule has 0 saturated carbocycles. The topological polar surface area (TPSA) is 91.4 Å². The number of amidine groups is 1. The van der Waals surface area contributed by atoms with Gasteiger partial charge in [0.25, 0.3) is 0 Å².